The van der Waals surface area contributed by atoms with Gasteiger partial charge in [0.2, 0.25) is 0 Å². The molecule has 1 aromatic rings. The van der Waals surface area contributed by atoms with E-state index in [2.05, 4.69) is 63.8 Å². The number of rotatable bonds is 2. The van der Waals surface area contributed by atoms with Crippen molar-refractivity contribution >= 4 is 18.5 Å². The Bertz CT molecular complexity index is 487. The van der Waals surface area contributed by atoms with Crippen LogP contribution in [0.4, 0.5) is 0 Å². The van der Waals surface area contributed by atoms with E-state index in [0.717, 1.165) is 11.9 Å². The van der Waals surface area contributed by atoms with Gasteiger partial charge in [-0.05, 0) is 0 Å². The monoisotopic (exact) mass is 222 g/mol. The van der Waals surface area contributed by atoms with Crippen LogP contribution in [0.1, 0.15) is 38.3 Å². The molecule has 0 spiro atoms. The summed E-state index contributed by atoms with van der Waals surface area (Å²) < 4.78 is 0. The van der Waals surface area contributed by atoms with E-state index in [0.29, 0.717) is 5.41 Å². The van der Waals surface area contributed by atoms with Crippen molar-refractivity contribution in [3.8, 4) is 0 Å². The Labute approximate surface area is 105 Å². The first-order valence-electron chi connectivity index (χ1n) is 6.14. The van der Waals surface area contributed by atoms with Crippen molar-refractivity contribution in [2.45, 2.75) is 27.2 Å². The van der Waals surface area contributed by atoms with Crippen LogP contribution in [0.3, 0.4) is 0 Å². The normalized spacial score (nSPS) is 17.6. The number of benzene rings is 1. The number of allylic oxidation sites excluding steroid dienone is 4. The van der Waals surface area contributed by atoms with Gasteiger partial charge in [0.25, 0.3) is 0 Å². The van der Waals surface area contributed by atoms with Gasteiger partial charge in [-0.1, -0.05) is 0 Å². The Morgan fingerprint density at radius 2 is 1.82 bits per heavy atom. The summed E-state index contributed by atoms with van der Waals surface area (Å²) in [5.74, 6) is 0. The summed E-state index contributed by atoms with van der Waals surface area (Å²) in [6.07, 6.45) is 7.98. The first-order chi connectivity index (χ1) is 7.98. The molecule has 0 fully saturated rings. The molecule has 0 amide bonds. The van der Waals surface area contributed by atoms with Crippen molar-refractivity contribution in [3.63, 3.8) is 0 Å². The molecule has 2 rings (SSSR count). The van der Waals surface area contributed by atoms with Crippen LogP contribution < -0.4 is 0 Å². The van der Waals surface area contributed by atoms with Gasteiger partial charge in [-0.25, -0.2) is 0 Å². The van der Waals surface area contributed by atoms with E-state index in [-0.39, 0.29) is 0 Å². The Hall–Kier alpha value is -1.37. The fourth-order valence-electron chi connectivity index (χ4n) is 1.99. The molecule has 0 nitrogen and oxygen atoms in total. The SMILES string of the molecule is B=C(C)c1ccc(C2=CCC(C)(C)C=C2)cc1. The first kappa shape index (κ1) is 12.1. The molecule has 86 valence electrons. The molecule has 0 bridgehead atoms. The van der Waals surface area contributed by atoms with Crippen LogP contribution in [0.2, 0.25) is 0 Å². The van der Waals surface area contributed by atoms with Gasteiger partial charge in [0.05, 0.1) is 0 Å². The number of hydrogen-bond donors (Lipinski definition) is 0. The topological polar surface area (TPSA) is 0 Å². The first-order valence-corrected chi connectivity index (χ1v) is 6.14. The molecule has 0 unspecified atom stereocenters. The molecular weight excluding hydrogens is 203 g/mol. The fourth-order valence-corrected chi connectivity index (χ4v) is 1.99. The molecular formula is C16H19B. The van der Waals surface area contributed by atoms with Crippen LogP contribution in [-0.4, -0.2) is 13.0 Å². The second-order valence-electron chi connectivity index (χ2n) is 5.54. The molecule has 1 aliphatic rings. The molecule has 1 aliphatic carbocycles. The maximum atomic E-state index is 3.96. The van der Waals surface area contributed by atoms with Crippen LogP contribution in [0.5, 0.6) is 0 Å². The summed E-state index contributed by atoms with van der Waals surface area (Å²) in [7, 11) is 3.96. The van der Waals surface area contributed by atoms with Crippen molar-refractivity contribution in [1.29, 1.82) is 0 Å². The molecule has 0 aliphatic heterocycles. The van der Waals surface area contributed by atoms with Crippen molar-refractivity contribution in [3.05, 3.63) is 53.6 Å². The van der Waals surface area contributed by atoms with E-state index in [1.165, 1.54) is 16.7 Å². The predicted molar refractivity (Wildman–Crippen MR) is 78.9 cm³/mol. The minimum atomic E-state index is 0.307. The van der Waals surface area contributed by atoms with Crippen molar-refractivity contribution in [1.82, 2.24) is 0 Å². The molecule has 0 saturated heterocycles. The van der Waals surface area contributed by atoms with Gasteiger partial charge in [0.1, 0.15) is 0 Å². The Balaban J connectivity index is 2.23. The summed E-state index contributed by atoms with van der Waals surface area (Å²) >= 11 is 0. The van der Waals surface area contributed by atoms with E-state index in [4.69, 9.17) is 0 Å². The van der Waals surface area contributed by atoms with Crippen LogP contribution >= 0.6 is 0 Å². The van der Waals surface area contributed by atoms with Crippen LogP contribution in [0.25, 0.3) is 5.57 Å². The van der Waals surface area contributed by atoms with E-state index >= 15 is 0 Å². The number of hydrogen-bond acceptors (Lipinski definition) is 0. The summed E-state index contributed by atoms with van der Waals surface area (Å²) in [6, 6.07) is 8.65. The summed E-state index contributed by atoms with van der Waals surface area (Å²) in [5.41, 5.74) is 5.26. The Morgan fingerprint density at radius 3 is 2.29 bits per heavy atom. The van der Waals surface area contributed by atoms with E-state index in [1.807, 2.05) is 6.92 Å². The van der Waals surface area contributed by atoms with Gasteiger partial charge < -0.3 is 0 Å². The Kier molecular flexibility index (Phi) is 3.19. The van der Waals surface area contributed by atoms with Crippen LogP contribution in [-0.2, 0) is 0 Å². The zero-order valence-electron chi connectivity index (χ0n) is 11.0. The average Bonchev–Trinajstić information content (AvgIpc) is 2.29. The van der Waals surface area contributed by atoms with Crippen molar-refractivity contribution < 1.29 is 0 Å². The quantitative estimate of drug-likeness (QED) is 0.672. The molecule has 0 atom stereocenters. The van der Waals surface area contributed by atoms with Gasteiger partial charge in [-0.15, -0.1) is 0 Å². The third kappa shape index (κ3) is 2.85. The van der Waals surface area contributed by atoms with Crippen LogP contribution in [0, 0.1) is 5.41 Å². The molecule has 0 heterocycles. The zero-order valence-corrected chi connectivity index (χ0v) is 11.0. The molecule has 17 heavy (non-hydrogen) atoms. The maximum absolute atomic E-state index is 3.96. The zero-order chi connectivity index (χ0) is 12.5. The standard InChI is InChI=1S/C16H19B/c1-12(17)13-4-6-14(7-5-13)15-8-10-16(2,3)11-9-15/h4-10,17H,11H2,1-3H3. The molecule has 0 saturated carbocycles. The fraction of sp³-hybridized carbons (Fsp3) is 0.312. The minimum absolute atomic E-state index is 0.307. The summed E-state index contributed by atoms with van der Waals surface area (Å²) in [6.45, 7) is 6.57. The van der Waals surface area contributed by atoms with Gasteiger partial charge in [-0.3, -0.25) is 0 Å². The van der Waals surface area contributed by atoms with Gasteiger partial charge in [0, 0.05) is 0 Å². The van der Waals surface area contributed by atoms with Crippen molar-refractivity contribution in [2.24, 2.45) is 5.41 Å². The van der Waals surface area contributed by atoms with Gasteiger partial charge in [-0.2, -0.15) is 0 Å². The molecule has 1 heteroatoms. The van der Waals surface area contributed by atoms with E-state index < -0.39 is 0 Å². The summed E-state index contributed by atoms with van der Waals surface area (Å²) in [5, 5.41) is 0. The molecule has 0 radical (unpaired) electrons. The molecule has 1 aromatic carbocycles. The van der Waals surface area contributed by atoms with Crippen molar-refractivity contribution in [2.75, 3.05) is 0 Å². The van der Waals surface area contributed by atoms with E-state index in [9.17, 15) is 0 Å². The van der Waals surface area contributed by atoms with Gasteiger partial charge >= 0.3 is 105 Å². The van der Waals surface area contributed by atoms with Gasteiger partial charge in [0.15, 0.2) is 0 Å². The third-order valence-electron chi connectivity index (χ3n) is 3.27. The second kappa shape index (κ2) is 4.48. The van der Waals surface area contributed by atoms with E-state index in [1.54, 1.807) is 0 Å². The second-order valence-corrected chi connectivity index (χ2v) is 5.54. The van der Waals surface area contributed by atoms with Crippen LogP contribution in [0.15, 0.2) is 42.5 Å². The summed E-state index contributed by atoms with van der Waals surface area (Å²) in [4.78, 5) is 0. The molecule has 0 aromatic heterocycles. The Morgan fingerprint density at radius 1 is 1.18 bits per heavy atom. The third-order valence-corrected chi connectivity index (χ3v) is 3.27. The predicted octanol–water partition coefficient (Wildman–Crippen LogP) is 3.50. The molecule has 0 N–H and O–H groups in total. The average molecular weight is 222 g/mol.